The van der Waals surface area contributed by atoms with E-state index in [1.807, 2.05) is 30.3 Å². The summed E-state index contributed by atoms with van der Waals surface area (Å²) in [6.45, 7) is 0.762. The first-order valence-corrected chi connectivity index (χ1v) is 6.81. The second kappa shape index (κ2) is 8.41. The lowest BCUT2D eigenvalue weighted by atomic mass is 10.2. The van der Waals surface area contributed by atoms with Crippen LogP contribution in [0.4, 0.5) is 4.79 Å². The molecule has 2 N–H and O–H groups in total. The van der Waals surface area contributed by atoms with Gasteiger partial charge in [-0.3, -0.25) is 9.78 Å². The number of amides is 2. The first kappa shape index (κ1) is 15.5. The van der Waals surface area contributed by atoms with E-state index in [9.17, 15) is 9.59 Å². The monoisotopic (exact) mass is 298 g/mol. The van der Waals surface area contributed by atoms with Gasteiger partial charge >= 0.3 is 6.09 Å². The van der Waals surface area contributed by atoms with Crippen molar-refractivity contribution in [3.05, 3.63) is 66.0 Å². The van der Waals surface area contributed by atoms with Crippen LogP contribution in [0, 0.1) is 6.07 Å². The molecule has 0 saturated carbocycles. The second-order valence-electron chi connectivity index (χ2n) is 4.37. The number of carbonyl (C=O) groups is 2. The van der Waals surface area contributed by atoms with Gasteiger partial charge < -0.3 is 15.4 Å². The van der Waals surface area contributed by atoms with Crippen LogP contribution in [0.2, 0.25) is 0 Å². The maximum absolute atomic E-state index is 11.7. The average Bonchev–Trinajstić information content (AvgIpc) is 2.58. The average molecular weight is 298 g/mol. The summed E-state index contributed by atoms with van der Waals surface area (Å²) in [4.78, 5) is 27.0. The molecule has 0 saturated heterocycles. The van der Waals surface area contributed by atoms with Crippen LogP contribution in [-0.2, 0) is 11.3 Å². The molecule has 1 heterocycles. The number of nitrogens with zero attached hydrogens (tertiary/aromatic N) is 1. The first-order valence-electron chi connectivity index (χ1n) is 6.81. The maximum Gasteiger partial charge on any atom is 0.407 e. The Morgan fingerprint density at radius 2 is 1.86 bits per heavy atom. The van der Waals surface area contributed by atoms with Gasteiger partial charge in [0.1, 0.15) is 12.3 Å². The lowest BCUT2D eigenvalue weighted by Crippen LogP contribution is -2.35. The summed E-state index contributed by atoms with van der Waals surface area (Å²) < 4.78 is 5.04. The molecule has 0 aliphatic carbocycles. The maximum atomic E-state index is 11.7. The number of nitrogens with one attached hydrogen (secondary N) is 2. The molecule has 0 fully saturated rings. The molecule has 1 radical (unpaired) electrons. The number of ether oxygens (including phenoxy) is 1. The molecule has 6 heteroatoms. The van der Waals surface area contributed by atoms with E-state index in [1.165, 1.54) is 6.20 Å². The van der Waals surface area contributed by atoms with Crippen LogP contribution in [0.15, 0.2) is 48.7 Å². The van der Waals surface area contributed by atoms with Gasteiger partial charge in [-0.15, -0.1) is 0 Å². The Morgan fingerprint density at radius 1 is 1.09 bits per heavy atom. The van der Waals surface area contributed by atoms with E-state index < -0.39 is 6.09 Å². The summed E-state index contributed by atoms with van der Waals surface area (Å²) in [6, 6.07) is 15.4. The Bertz CT molecular complexity index is 603. The normalized spacial score (nSPS) is 9.82. The number of carbonyl (C=O) groups excluding carboxylic acids is 2. The quantitative estimate of drug-likeness (QED) is 0.793. The van der Waals surface area contributed by atoms with Gasteiger partial charge in [0.05, 0.1) is 0 Å². The smallest absolute Gasteiger partial charge is 0.407 e. The topological polar surface area (TPSA) is 80.3 Å². The van der Waals surface area contributed by atoms with E-state index >= 15 is 0 Å². The highest BCUT2D eigenvalue weighted by molar-refractivity contribution is 5.91. The fraction of sp³-hybridized carbons (Fsp3) is 0.188. The summed E-state index contributed by atoms with van der Waals surface area (Å²) in [5, 5.41) is 5.18. The Labute approximate surface area is 128 Å². The first-order chi connectivity index (χ1) is 10.8. The highest BCUT2D eigenvalue weighted by Gasteiger charge is 2.06. The van der Waals surface area contributed by atoms with Gasteiger partial charge in [-0.1, -0.05) is 36.4 Å². The predicted octanol–water partition coefficient (Wildman–Crippen LogP) is 1.54. The van der Waals surface area contributed by atoms with Crippen molar-refractivity contribution in [3.63, 3.8) is 0 Å². The lowest BCUT2D eigenvalue weighted by Gasteiger charge is -2.08. The molecular weight excluding hydrogens is 282 g/mol. The minimum absolute atomic E-state index is 0.210. The molecule has 2 amide bonds. The fourth-order valence-corrected chi connectivity index (χ4v) is 1.65. The molecule has 2 aromatic rings. The molecule has 6 nitrogen and oxygen atoms in total. The number of aromatic nitrogens is 1. The minimum Gasteiger partial charge on any atom is -0.445 e. The van der Waals surface area contributed by atoms with E-state index in [1.54, 1.807) is 12.1 Å². The highest BCUT2D eigenvalue weighted by Crippen LogP contribution is 2.00. The van der Waals surface area contributed by atoms with Crippen LogP contribution < -0.4 is 10.6 Å². The van der Waals surface area contributed by atoms with Crippen LogP contribution >= 0.6 is 0 Å². The molecule has 22 heavy (non-hydrogen) atoms. The number of pyridine rings is 1. The predicted molar refractivity (Wildman–Crippen MR) is 80.0 cm³/mol. The number of benzene rings is 1. The molecule has 0 spiro atoms. The Morgan fingerprint density at radius 3 is 2.59 bits per heavy atom. The van der Waals surface area contributed by atoms with Crippen LogP contribution in [0.3, 0.4) is 0 Å². The van der Waals surface area contributed by atoms with Crippen LogP contribution in [0.25, 0.3) is 0 Å². The second-order valence-corrected chi connectivity index (χ2v) is 4.37. The van der Waals surface area contributed by atoms with Gasteiger partial charge in [0.2, 0.25) is 0 Å². The summed E-state index contributed by atoms with van der Waals surface area (Å²) in [7, 11) is 0. The summed E-state index contributed by atoms with van der Waals surface area (Å²) in [6.07, 6.45) is 0.993. The Balaban J connectivity index is 1.60. The SMILES string of the molecule is O=C(NCCNC(=O)c1[c]cccn1)OCc1ccccc1. The highest BCUT2D eigenvalue weighted by atomic mass is 16.5. The number of hydrogen-bond donors (Lipinski definition) is 2. The van der Waals surface area contributed by atoms with Crippen molar-refractivity contribution >= 4 is 12.0 Å². The third-order valence-electron chi connectivity index (χ3n) is 2.71. The zero-order valence-corrected chi connectivity index (χ0v) is 11.9. The summed E-state index contributed by atoms with van der Waals surface area (Å²) in [5.41, 5.74) is 1.13. The van der Waals surface area contributed by atoms with Gasteiger partial charge in [-0.25, -0.2) is 4.79 Å². The summed E-state index contributed by atoms with van der Waals surface area (Å²) in [5.74, 6) is -0.333. The van der Waals surface area contributed by atoms with Gasteiger partial charge in [0.15, 0.2) is 0 Å². The van der Waals surface area contributed by atoms with Crippen LogP contribution in [0.1, 0.15) is 16.1 Å². The van der Waals surface area contributed by atoms with Crippen molar-refractivity contribution in [2.75, 3.05) is 13.1 Å². The molecule has 113 valence electrons. The molecule has 0 bridgehead atoms. The number of hydrogen-bond acceptors (Lipinski definition) is 4. The molecule has 2 rings (SSSR count). The van der Waals surface area contributed by atoms with E-state index in [0.29, 0.717) is 0 Å². The van der Waals surface area contributed by atoms with E-state index in [2.05, 4.69) is 21.7 Å². The van der Waals surface area contributed by atoms with Gasteiger partial charge in [0.25, 0.3) is 5.91 Å². The van der Waals surface area contributed by atoms with Crippen molar-refractivity contribution in [1.82, 2.24) is 15.6 Å². The number of rotatable bonds is 6. The van der Waals surface area contributed by atoms with Crippen molar-refractivity contribution in [2.45, 2.75) is 6.61 Å². The van der Waals surface area contributed by atoms with Crippen molar-refractivity contribution in [2.24, 2.45) is 0 Å². The third-order valence-corrected chi connectivity index (χ3v) is 2.71. The van der Waals surface area contributed by atoms with Crippen molar-refractivity contribution in [3.8, 4) is 0 Å². The molecular formula is C16H16N3O3. The molecule has 1 aromatic carbocycles. The fourth-order valence-electron chi connectivity index (χ4n) is 1.65. The van der Waals surface area contributed by atoms with Gasteiger partial charge in [0, 0.05) is 25.4 Å². The largest absolute Gasteiger partial charge is 0.445 e. The molecule has 0 unspecified atom stereocenters. The summed E-state index contributed by atoms with van der Waals surface area (Å²) >= 11 is 0. The standard InChI is InChI=1S/C16H16N3O3/c20-15(14-8-4-5-9-17-14)18-10-11-19-16(21)22-12-13-6-2-1-3-7-13/h1-7,9H,10-12H2,(H,18,20)(H,19,21). The van der Waals surface area contributed by atoms with Crippen molar-refractivity contribution in [1.29, 1.82) is 0 Å². The van der Waals surface area contributed by atoms with E-state index in [0.717, 1.165) is 5.56 Å². The van der Waals surface area contributed by atoms with Crippen molar-refractivity contribution < 1.29 is 14.3 Å². The minimum atomic E-state index is -0.525. The number of alkyl carbamates (subject to hydrolysis) is 1. The molecule has 0 atom stereocenters. The Kier molecular flexibility index (Phi) is 5.92. The third kappa shape index (κ3) is 5.24. The van der Waals surface area contributed by atoms with Crippen LogP contribution in [-0.4, -0.2) is 30.1 Å². The molecule has 0 aliphatic heterocycles. The van der Waals surface area contributed by atoms with Crippen LogP contribution in [0.5, 0.6) is 0 Å². The lowest BCUT2D eigenvalue weighted by molar-refractivity contribution is 0.0946. The Hall–Kier alpha value is -2.89. The molecule has 1 aromatic heterocycles. The van der Waals surface area contributed by atoms with E-state index in [-0.39, 0.29) is 31.3 Å². The zero-order chi connectivity index (χ0) is 15.6. The molecule has 0 aliphatic rings. The van der Waals surface area contributed by atoms with Gasteiger partial charge in [-0.05, 0) is 11.6 Å². The van der Waals surface area contributed by atoms with E-state index in [4.69, 9.17) is 4.74 Å². The zero-order valence-electron chi connectivity index (χ0n) is 11.9. The van der Waals surface area contributed by atoms with Gasteiger partial charge in [-0.2, -0.15) is 0 Å².